The number of fused-ring (bicyclic) bond motifs is 1. The summed E-state index contributed by atoms with van der Waals surface area (Å²) >= 11 is 0. The number of carbonyl (C=O) groups is 1. The van der Waals surface area contributed by atoms with Crippen molar-refractivity contribution in [2.75, 3.05) is 26.3 Å². The van der Waals surface area contributed by atoms with E-state index in [1.807, 2.05) is 24.0 Å². The molecule has 1 aromatic rings. The molecule has 0 aromatic heterocycles. The van der Waals surface area contributed by atoms with Gasteiger partial charge in [-0.15, -0.1) is 0 Å². The van der Waals surface area contributed by atoms with Crippen molar-refractivity contribution in [3.8, 4) is 11.5 Å². The predicted octanol–water partition coefficient (Wildman–Crippen LogP) is 2.71. The van der Waals surface area contributed by atoms with E-state index in [9.17, 15) is 4.79 Å². The van der Waals surface area contributed by atoms with Gasteiger partial charge in [0.15, 0.2) is 11.5 Å². The molecular formula is C17H23NO3. The number of hydrogen-bond acceptors (Lipinski definition) is 3. The van der Waals surface area contributed by atoms with Crippen LogP contribution in [-0.2, 0) is 11.2 Å². The second-order valence-electron chi connectivity index (χ2n) is 5.89. The highest BCUT2D eigenvalue weighted by atomic mass is 16.6. The van der Waals surface area contributed by atoms with Crippen LogP contribution in [0.4, 0.5) is 0 Å². The van der Waals surface area contributed by atoms with E-state index in [2.05, 4.69) is 0 Å². The van der Waals surface area contributed by atoms with Gasteiger partial charge in [-0.2, -0.15) is 0 Å². The summed E-state index contributed by atoms with van der Waals surface area (Å²) in [4.78, 5) is 14.5. The average Bonchev–Trinajstić information content (AvgIpc) is 2.77. The number of hydrogen-bond donors (Lipinski definition) is 0. The fourth-order valence-electron chi connectivity index (χ4n) is 3.02. The van der Waals surface area contributed by atoms with Gasteiger partial charge >= 0.3 is 0 Å². The van der Waals surface area contributed by atoms with Crippen LogP contribution in [0, 0.1) is 6.92 Å². The molecule has 21 heavy (non-hydrogen) atoms. The van der Waals surface area contributed by atoms with E-state index in [4.69, 9.17) is 9.47 Å². The highest BCUT2D eigenvalue weighted by Gasteiger charge is 2.19. The molecule has 0 spiro atoms. The fraction of sp³-hybridized carbons (Fsp3) is 0.588. The lowest BCUT2D eigenvalue weighted by molar-refractivity contribution is -0.130. The van der Waals surface area contributed by atoms with Crippen molar-refractivity contribution < 1.29 is 14.3 Å². The SMILES string of the molecule is Cc1cc2c(cc1CC(=O)N1CCCCCC1)OCCO2. The lowest BCUT2D eigenvalue weighted by Crippen LogP contribution is -2.33. The molecule has 2 aliphatic rings. The Morgan fingerprint density at radius 2 is 1.67 bits per heavy atom. The van der Waals surface area contributed by atoms with Gasteiger partial charge in [0.25, 0.3) is 0 Å². The van der Waals surface area contributed by atoms with Gasteiger partial charge in [0.05, 0.1) is 6.42 Å². The number of ether oxygens (including phenoxy) is 2. The van der Waals surface area contributed by atoms with E-state index in [0.717, 1.165) is 48.6 Å². The Kier molecular flexibility index (Phi) is 4.32. The maximum absolute atomic E-state index is 12.5. The zero-order valence-corrected chi connectivity index (χ0v) is 12.7. The Morgan fingerprint density at radius 1 is 1.05 bits per heavy atom. The summed E-state index contributed by atoms with van der Waals surface area (Å²) < 4.78 is 11.2. The molecule has 1 aromatic carbocycles. The molecule has 4 nitrogen and oxygen atoms in total. The number of benzene rings is 1. The van der Waals surface area contributed by atoms with Crippen LogP contribution in [-0.4, -0.2) is 37.1 Å². The Morgan fingerprint density at radius 3 is 2.33 bits per heavy atom. The van der Waals surface area contributed by atoms with E-state index >= 15 is 0 Å². The monoisotopic (exact) mass is 289 g/mol. The first-order valence-corrected chi connectivity index (χ1v) is 7.91. The quantitative estimate of drug-likeness (QED) is 0.840. The van der Waals surface area contributed by atoms with E-state index in [-0.39, 0.29) is 5.91 Å². The van der Waals surface area contributed by atoms with Gasteiger partial charge in [0.2, 0.25) is 5.91 Å². The van der Waals surface area contributed by atoms with Gasteiger partial charge in [-0.1, -0.05) is 12.8 Å². The number of likely N-dealkylation sites (tertiary alicyclic amines) is 1. The van der Waals surface area contributed by atoms with Crippen molar-refractivity contribution in [2.45, 2.75) is 39.0 Å². The Hall–Kier alpha value is -1.71. The third kappa shape index (κ3) is 3.31. The predicted molar refractivity (Wildman–Crippen MR) is 80.9 cm³/mol. The maximum atomic E-state index is 12.5. The molecule has 2 heterocycles. The van der Waals surface area contributed by atoms with Crippen molar-refractivity contribution >= 4 is 5.91 Å². The maximum Gasteiger partial charge on any atom is 0.227 e. The van der Waals surface area contributed by atoms with Crippen LogP contribution in [0.25, 0.3) is 0 Å². The largest absolute Gasteiger partial charge is 0.486 e. The minimum Gasteiger partial charge on any atom is -0.486 e. The van der Waals surface area contributed by atoms with Crippen molar-refractivity contribution in [1.82, 2.24) is 4.90 Å². The normalized spacial score (nSPS) is 18.2. The molecule has 0 unspecified atom stereocenters. The first-order chi connectivity index (χ1) is 10.2. The number of nitrogens with zero attached hydrogens (tertiary/aromatic N) is 1. The molecule has 3 rings (SSSR count). The molecule has 1 saturated heterocycles. The van der Waals surface area contributed by atoms with Crippen molar-refractivity contribution in [3.05, 3.63) is 23.3 Å². The van der Waals surface area contributed by atoms with E-state index in [1.165, 1.54) is 12.8 Å². The molecule has 4 heteroatoms. The molecule has 0 saturated carbocycles. The molecule has 0 atom stereocenters. The van der Waals surface area contributed by atoms with Gasteiger partial charge in [0, 0.05) is 13.1 Å². The molecule has 114 valence electrons. The summed E-state index contributed by atoms with van der Waals surface area (Å²) in [6.45, 7) is 5.02. The Bertz CT molecular complexity index is 519. The summed E-state index contributed by atoms with van der Waals surface area (Å²) in [6.07, 6.45) is 5.21. The van der Waals surface area contributed by atoms with Crippen molar-refractivity contribution in [3.63, 3.8) is 0 Å². The zero-order valence-electron chi connectivity index (χ0n) is 12.7. The molecular weight excluding hydrogens is 266 g/mol. The topological polar surface area (TPSA) is 38.8 Å². The van der Waals surface area contributed by atoms with Gasteiger partial charge in [-0.3, -0.25) is 4.79 Å². The number of amides is 1. The second kappa shape index (κ2) is 6.37. The first-order valence-electron chi connectivity index (χ1n) is 7.91. The smallest absolute Gasteiger partial charge is 0.227 e. The van der Waals surface area contributed by atoms with Gasteiger partial charge in [-0.25, -0.2) is 0 Å². The zero-order chi connectivity index (χ0) is 14.7. The van der Waals surface area contributed by atoms with Crippen LogP contribution >= 0.6 is 0 Å². The number of aryl methyl sites for hydroxylation is 1. The van der Waals surface area contributed by atoms with Gasteiger partial charge in [0.1, 0.15) is 13.2 Å². The van der Waals surface area contributed by atoms with Crippen LogP contribution in [0.1, 0.15) is 36.8 Å². The summed E-state index contributed by atoms with van der Waals surface area (Å²) in [6, 6.07) is 3.96. The van der Waals surface area contributed by atoms with Gasteiger partial charge in [-0.05, 0) is 43.0 Å². The minimum atomic E-state index is 0.233. The molecule has 1 amide bonds. The van der Waals surface area contributed by atoms with Crippen LogP contribution in [0.3, 0.4) is 0 Å². The number of carbonyl (C=O) groups excluding carboxylic acids is 1. The van der Waals surface area contributed by atoms with E-state index in [1.54, 1.807) is 0 Å². The third-order valence-corrected chi connectivity index (χ3v) is 4.30. The molecule has 1 fully saturated rings. The molecule has 0 radical (unpaired) electrons. The minimum absolute atomic E-state index is 0.233. The molecule has 0 aliphatic carbocycles. The summed E-state index contributed by atoms with van der Waals surface area (Å²) in [5.41, 5.74) is 2.15. The Labute approximate surface area is 126 Å². The fourth-order valence-corrected chi connectivity index (χ4v) is 3.02. The van der Waals surface area contributed by atoms with Crippen molar-refractivity contribution in [2.24, 2.45) is 0 Å². The second-order valence-corrected chi connectivity index (χ2v) is 5.89. The van der Waals surface area contributed by atoms with Gasteiger partial charge < -0.3 is 14.4 Å². The van der Waals surface area contributed by atoms with Crippen LogP contribution < -0.4 is 9.47 Å². The standard InChI is InChI=1S/C17H23NO3/c1-13-10-15-16(21-9-8-20-15)11-14(13)12-17(19)18-6-4-2-3-5-7-18/h10-11H,2-9,12H2,1H3. The lowest BCUT2D eigenvalue weighted by Gasteiger charge is -2.23. The van der Waals surface area contributed by atoms with Crippen LogP contribution in [0.2, 0.25) is 0 Å². The van der Waals surface area contributed by atoms with E-state index in [0.29, 0.717) is 19.6 Å². The van der Waals surface area contributed by atoms with Crippen molar-refractivity contribution in [1.29, 1.82) is 0 Å². The lowest BCUT2D eigenvalue weighted by atomic mass is 10.0. The first kappa shape index (κ1) is 14.2. The van der Waals surface area contributed by atoms with Crippen LogP contribution in [0.15, 0.2) is 12.1 Å². The molecule has 2 aliphatic heterocycles. The third-order valence-electron chi connectivity index (χ3n) is 4.30. The van der Waals surface area contributed by atoms with E-state index < -0.39 is 0 Å². The Balaban J connectivity index is 1.73. The summed E-state index contributed by atoms with van der Waals surface area (Å²) in [5, 5.41) is 0. The molecule has 0 bridgehead atoms. The van der Waals surface area contributed by atoms with Crippen LogP contribution in [0.5, 0.6) is 11.5 Å². The summed E-state index contributed by atoms with van der Waals surface area (Å²) in [5.74, 6) is 1.80. The highest BCUT2D eigenvalue weighted by molar-refractivity contribution is 5.79. The highest BCUT2D eigenvalue weighted by Crippen LogP contribution is 2.33. The number of rotatable bonds is 2. The average molecular weight is 289 g/mol. The molecule has 0 N–H and O–H groups in total. The summed E-state index contributed by atoms with van der Waals surface area (Å²) in [7, 11) is 0.